The Morgan fingerprint density at radius 3 is 2.52 bits per heavy atom. The number of hydrogen-bond donors (Lipinski definition) is 3. The van der Waals surface area contributed by atoms with Gasteiger partial charge in [0.05, 0.1) is 12.8 Å². The highest BCUT2D eigenvalue weighted by Crippen LogP contribution is 2.25. The van der Waals surface area contributed by atoms with Crippen LogP contribution in [0.2, 0.25) is 5.02 Å². The molecule has 9 heteroatoms. The molecule has 0 heterocycles. The van der Waals surface area contributed by atoms with Crippen LogP contribution in [0, 0.1) is 4.91 Å². The number of hydrogen-bond acceptors (Lipinski definition) is 6. The summed E-state index contributed by atoms with van der Waals surface area (Å²) in [7, 11) is 0. The van der Waals surface area contributed by atoms with Crippen LogP contribution in [0.5, 0.6) is 5.75 Å². The molecule has 3 N–H and O–H groups in total. The van der Waals surface area contributed by atoms with Gasteiger partial charge in [-0.05, 0) is 47.1 Å². The van der Waals surface area contributed by atoms with Gasteiger partial charge in [-0.15, -0.1) is 4.91 Å². The fourth-order valence-corrected chi connectivity index (χ4v) is 1.91. The second-order valence-electron chi connectivity index (χ2n) is 4.82. The quantitative estimate of drug-likeness (QED) is 0.416. The SMILES string of the molecule is O=Nc1ccc(C=NNC(=O)CNC(=O)c2ccc(Cl)cc2)cc1O. The van der Waals surface area contributed by atoms with Crippen LogP contribution in [-0.2, 0) is 4.79 Å². The Morgan fingerprint density at radius 2 is 1.88 bits per heavy atom. The van der Waals surface area contributed by atoms with Gasteiger partial charge in [-0.2, -0.15) is 5.10 Å². The molecular weight excluding hydrogens is 348 g/mol. The molecule has 8 nitrogen and oxygen atoms in total. The first kappa shape index (κ1) is 18.1. The monoisotopic (exact) mass is 360 g/mol. The largest absolute Gasteiger partial charge is 0.506 e. The highest BCUT2D eigenvalue weighted by Gasteiger charge is 2.07. The van der Waals surface area contributed by atoms with Crippen LogP contribution in [0.4, 0.5) is 5.69 Å². The lowest BCUT2D eigenvalue weighted by molar-refractivity contribution is -0.120. The molecule has 2 rings (SSSR count). The van der Waals surface area contributed by atoms with Crippen molar-refractivity contribution in [3.63, 3.8) is 0 Å². The van der Waals surface area contributed by atoms with Gasteiger partial charge in [0.1, 0.15) is 11.4 Å². The van der Waals surface area contributed by atoms with E-state index in [-0.39, 0.29) is 18.0 Å². The molecule has 0 aromatic heterocycles. The van der Waals surface area contributed by atoms with Crippen molar-refractivity contribution in [3.05, 3.63) is 63.5 Å². The summed E-state index contributed by atoms with van der Waals surface area (Å²) in [6.45, 7) is -0.266. The molecule has 25 heavy (non-hydrogen) atoms. The van der Waals surface area contributed by atoms with E-state index in [0.29, 0.717) is 16.1 Å². The molecule has 2 aromatic rings. The highest BCUT2D eigenvalue weighted by molar-refractivity contribution is 6.30. The van der Waals surface area contributed by atoms with Crippen LogP contribution in [0.1, 0.15) is 15.9 Å². The summed E-state index contributed by atoms with van der Waals surface area (Å²) < 4.78 is 0. The predicted molar refractivity (Wildman–Crippen MR) is 93.1 cm³/mol. The maximum Gasteiger partial charge on any atom is 0.259 e. The van der Waals surface area contributed by atoms with Gasteiger partial charge in [-0.25, -0.2) is 5.43 Å². The Bertz CT molecular complexity index is 821. The summed E-state index contributed by atoms with van der Waals surface area (Å²) in [6.07, 6.45) is 1.27. The maximum absolute atomic E-state index is 11.8. The number of aromatic hydroxyl groups is 1. The number of phenols is 1. The average Bonchev–Trinajstić information content (AvgIpc) is 2.60. The Morgan fingerprint density at radius 1 is 1.16 bits per heavy atom. The van der Waals surface area contributed by atoms with Gasteiger partial charge in [0.2, 0.25) is 0 Å². The molecule has 0 saturated heterocycles. The molecule has 0 radical (unpaired) electrons. The van der Waals surface area contributed by atoms with E-state index in [0.717, 1.165) is 0 Å². The van der Waals surface area contributed by atoms with Crippen molar-refractivity contribution in [3.8, 4) is 5.75 Å². The Hall–Kier alpha value is -3.26. The fraction of sp³-hybridized carbons (Fsp3) is 0.0625. The number of hydrazone groups is 1. The number of rotatable bonds is 6. The van der Waals surface area contributed by atoms with Gasteiger partial charge in [0.25, 0.3) is 11.8 Å². The number of nitroso groups, excluding NO2 is 1. The molecule has 2 amide bonds. The number of benzene rings is 2. The van der Waals surface area contributed by atoms with Crippen LogP contribution in [0.25, 0.3) is 0 Å². The van der Waals surface area contributed by atoms with Gasteiger partial charge in [-0.3, -0.25) is 9.59 Å². The second kappa shape index (κ2) is 8.55. The van der Waals surface area contributed by atoms with Crippen LogP contribution < -0.4 is 10.7 Å². The third kappa shape index (κ3) is 5.40. The zero-order chi connectivity index (χ0) is 18.2. The number of amides is 2. The minimum Gasteiger partial charge on any atom is -0.506 e. The lowest BCUT2D eigenvalue weighted by atomic mass is 10.2. The molecule has 0 fully saturated rings. The van der Waals surface area contributed by atoms with Gasteiger partial charge < -0.3 is 10.4 Å². The zero-order valence-electron chi connectivity index (χ0n) is 12.8. The summed E-state index contributed by atoms with van der Waals surface area (Å²) >= 11 is 5.73. The van der Waals surface area contributed by atoms with Crippen molar-refractivity contribution in [1.29, 1.82) is 0 Å². The standard InChI is InChI=1S/C16H13ClN4O4/c17-12-4-2-11(3-5-12)16(24)18-9-15(23)20-19-8-10-1-6-13(21-25)14(22)7-10/h1-8,22H,9H2,(H,18,24)(H,20,23). The van der Waals surface area contributed by atoms with Crippen molar-refractivity contribution in [1.82, 2.24) is 10.7 Å². The average molecular weight is 361 g/mol. The zero-order valence-corrected chi connectivity index (χ0v) is 13.5. The maximum atomic E-state index is 11.8. The molecule has 2 aromatic carbocycles. The highest BCUT2D eigenvalue weighted by atomic mass is 35.5. The lowest BCUT2D eigenvalue weighted by Crippen LogP contribution is -2.34. The molecule has 0 spiro atoms. The number of phenolic OH excluding ortho intramolecular Hbond substituents is 1. The normalized spacial score (nSPS) is 10.4. The van der Waals surface area contributed by atoms with E-state index in [4.69, 9.17) is 11.6 Å². The van der Waals surface area contributed by atoms with Crippen LogP contribution in [0.15, 0.2) is 52.7 Å². The van der Waals surface area contributed by atoms with E-state index in [9.17, 15) is 19.6 Å². The first-order valence-corrected chi connectivity index (χ1v) is 7.39. The van der Waals surface area contributed by atoms with E-state index in [2.05, 4.69) is 21.0 Å². The van der Waals surface area contributed by atoms with E-state index in [1.807, 2.05) is 0 Å². The first-order valence-electron chi connectivity index (χ1n) is 7.01. The number of carbonyl (C=O) groups is 2. The molecule has 0 aliphatic rings. The van der Waals surface area contributed by atoms with Crippen molar-refractivity contribution in [2.75, 3.05) is 6.54 Å². The summed E-state index contributed by atoms with van der Waals surface area (Å²) in [5.74, 6) is -1.24. The number of carbonyl (C=O) groups excluding carboxylic acids is 2. The molecule has 0 bridgehead atoms. The van der Waals surface area contributed by atoms with Gasteiger partial charge in [0.15, 0.2) is 0 Å². The molecule has 128 valence electrons. The third-order valence-corrected chi connectivity index (χ3v) is 3.27. The number of nitrogens with one attached hydrogen (secondary N) is 2. The van der Waals surface area contributed by atoms with E-state index < -0.39 is 11.8 Å². The third-order valence-electron chi connectivity index (χ3n) is 3.02. The molecule has 0 aliphatic carbocycles. The Balaban J connectivity index is 1.82. The van der Waals surface area contributed by atoms with Crippen molar-refractivity contribution < 1.29 is 14.7 Å². The summed E-state index contributed by atoms with van der Waals surface area (Å²) in [6, 6.07) is 10.3. The summed E-state index contributed by atoms with van der Waals surface area (Å²) in [4.78, 5) is 33.8. The lowest BCUT2D eigenvalue weighted by Gasteiger charge is -2.04. The predicted octanol–water partition coefficient (Wildman–Crippen LogP) is 2.32. The number of halogens is 1. The van der Waals surface area contributed by atoms with E-state index >= 15 is 0 Å². The Labute approximate surface area is 147 Å². The molecule has 0 unspecified atom stereocenters. The second-order valence-corrected chi connectivity index (χ2v) is 5.26. The minimum absolute atomic E-state index is 0.0916. The topological polar surface area (TPSA) is 120 Å². The summed E-state index contributed by atoms with van der Waals surface area (Å²) in [5, 5.41) is 18.7. The Kier molecular flexibility index (Phi) is 6.19. The van der Waals surface area contributed by atoms with Crippen molar-refractivity contribution in [2.45, 2.75) is 0 Å². The molecule has 0 aliphatic heterocycles. The fourth-order valence-electron chi connectivity index (χ4n) is 1.78. The minimum atomic E-state index is -0.533. The van der Waals surface area contributed by atoms with E-state index in [1.165, 1.54) is 36.5 Å². The smallest absolute Gasteiger partial charge is 0.259 e. The molecule has 0 atom stereocenters. The first-order chi connectivity index (χ1) is 12.0. The van der Waals surface area contributed by atoms with Gasteiger partial charge >= 0.3 is 0 Å². The molecular formula is C16H13ClN4O4. The van der Waals surface area contributed by atoms with Crippen LogP contribution in [0.3, 0.4) is 0 Å². The van der Waals surface area contributed by atoms with Gasteiger partial charge in [0, 0.05) is 10.6 Å². The number of nitrogens with zero attached hydrogens (tertiary/aromatic N) is 2. The van der Waals surface area contributed by atoms with Crippen LogP contribution in [-0.4, -0.2) is 29.7 Å². The van der Waals surface area contributed by atoms with Crippen molar-refractivity contribution >= 4 is 35.3 Å². The molecule has 0 saturated carbocycles. The van der Waals surface area contributed by atoms with E-state index in [1.54, 1.807) is 12.1 Å². The van der Waals surface area contributed by atoms with Crippen molar-refractivity contribution in [2.24, 2.45) is 10.3 Å². The van der Waals surface area contributed by atoms with Gasteiger partial charge in [-0.1, -0.05) is 17.7 Å². The summed E-state index contributed by atoms with van der Waals surface area (Å²) in [5.41, 5.74) is 2.96. The van der Waals surface area contributed by atoms with Crippen LogP contribution >= 0.6 is 11.6 Å².